The number of nitrogens with zero attached hydrogens (tertiary/aromatic N) is 2. The van der Waals surface area contributed by atoms with Gasteiger partial charge in [-0.25, -0.2) is 0 Å². The van der Waals surface area contributed by atoms with Crippen molar-refractivity contribution in [1.82, 2.24) is 9.80 Å². The van der Waals surface area contributed by atoms with E-state index < -0.39 is 0 Å². The molecule has 3 nitrogen and oxygen atoms in total. The van der Waals surface area contributed by atoms with Crippen molar-refractivity contribution in [2.75, 3.05) is 26.2 Å². The number of rotatable bonds is 3. The van der Waals surface area contributed by atoms with Gasteiger partial charge < -0.3 is 5.73 Å². The van der Waals surface area contributed by atoms with E-state index in [0.29, 0.717) is 6.04 Å². The summed E-state index contributed by atoms with van der Waals surface area (Å²) in [4.78, 5) is 5.24. The van der Waals surface area contributed by atoms with Crippen LogP contribution in [0, 0.1) is 0 Å². The van der Waals surface area contributed by atoms with Gasteiger partial charge in [-0.05, 0) is 44.0 Å². The summed E-state index contributed by atoms with van der Waals surface area (Å²) in [5, 5.41) is 0.800. The molecule has 2 N–H and O–H groups in total. The van der Waals surface area contributed by atoms with Crippen molar-refractivity contribution in [3.8, 4) is 0 Å². The van der Waals surface area contributed by atoms with Gasteiger partial charge in [0.2, 0.25) is 0 Å². The zero-order valence-corrected chi connectivity index (χ0v) is 13.6. The summed E-state index contributed by atoms with van der Waals surface area (Å²) < 4.78 is 0. The second-order valence-corrected chi connectivity index (χ2v) is 6.98. The third-order valence-electron chi connectivity index (χ3n) is 4.95. The molecule has 3 unspecified atom stereocenters. The highest BCUT2D eigenvalue weighted by atomic mass is 35.5. The van der Waals surface area contributed by atoms with Crippen LogP contribution in [0.2, 0.25) is 5.02 Å². The smallest absolute Gasteiger partial charge is 0.0498 e. The highest BCUT2D eigenvalue weighted by molar-refractivity contribution is 6.30. The Bertz CT molecular complexity index is 477. The predicted octanol–water partition coefficient (Wildman–Crippen LogP) is 2.90. The number of piperidine rings is 1. The van der Waals surface area contributed by atoms with Crippen LogP contribution in [0.15, 0.2) is 24.3 Å². The van der Waals surface area contributed by atoms with Crippen LogP contribution in [0.4, 0.5) is 0 Å². The van der Waals surface area contributed by atoms with E-state index in [1.807, 2.05) is 12.1 Å². The van der Waals surface area contributed by atoms with Gasteiger partial charge in [0.05, 0.1) is 0 Å². The zero-order chi connectivity index (χ0) is 14.8. The average Bonchev–Trinajstić information content (AvgIpc) is 2.47. The topological polar surface area (TPSA) is 32.5 Å². The lowest BCUT2D eigenvalue weighted by atomic mass is 9.94. The van der Waals surface area contributed by atoms with Crippen LogP contribution in [0.3, 0.4) is 0 Å². The van der Waals surface area contributed by atoms with Gasteiger partial charge in [-0.3, -0.25) is 9.80 Å². The highest BCUT2D eigenvalue weighted by Gasteiger charge is 2.33. The maximum absolute atomic E-state index is 6.32. The van der Waals surface area contributed by atoms with Crippen molar-refractivity contribution >= 4 is 11.6 Å². The Balaban J connectivity index is 1.78. The molecule has 4 heteroatoms. The molecule has 3 atom stereocenters. The van der Waals surface area contributed by atoms with Crippen LogP contribution < -0.4 is 5.73 Å². The van der Waals surface area contributed by atoms with Crippen LogP contribution >= 0.6 is 11.6 Å². The summed E-state index contributed by atoms with van der Waals surface area (Å²) in [6.07, 6.45) is 4.06. The van der Waals surface area contributed by atoms with Gasteiger partial charge in [0.15, 0.2) is 0 Å². The fraction of sp³-hybridized carbons (Fsp3) is 0.647. The van der Waals surface area contributed by atoms with Crippen LogP contribution in [0.1, 0.15) is 37.8 Å². The molecule has 3 rings (SSSR count). The first-order chi connectivity index (χ1) is 10.1. The number of nitrogens with two attached hydrogens (primary N) is 1. The molecule has 0 saturated carbocycles. The fourth-order valence-corrected chi connectivity index (χ4v) is 4.17. The Morgan fingerprint density at radius 3 is 2.86 bits per heavy atom. The molecule has 1 aromatic carbocycles. The lowest BCUT2D eigenvalue weighted by Gasteiger charge is -2.47. The van der Waals surface area contributed by atoms with Crippen LogP contribution in [0.25, 0.3) is 0 Å². The molecule has 0 aromatic heterocycles. The molecule has 0 amide bonds. The standard InChI is InChI=1S/C17H26ClN3/c1-13(19)17(14-5-4-6-15(18)11-14)21-10-9-20-8-3-2-7-16(20)12-21/h4-6,11,13,16-17H,2-3,7-10,12,19H2,1H3. The van der Waals surface area contributed by atoms with Gasteiger partial charge in [-0.2, -0.15) is 0 Å². The van der Waals surface area contributed by atoms with Crippen LogP contribution in [0.5, 0.6) is 0 Å². The Labute approximate surface area is 133 Å². The summed E-state index contributed by atoms with van der Waals surface area (Å²) in [5.41, 5.74) is 7.57. The minimum Gasteiger partial charge on any atom is -0.326 e. The van der Waals surface area contributed by atoms with Gasteiger partial charge in [-0.15, -0.1) is 0 Å². The molecule has 0 spiro atoms. The summed E-state index contributed by atoms with van der Waals surface area (Å²) >= 11 is 6.18. The number of hydrogen-bond donors (Lipinski definition) is 1. The van der Waals surface area contributed by atoms with E-state index in [1.54, 1.807) is 0 Å². The summed E-state index contributed by atoms with van der Waals surface area (Å²) in [6, 6.07) is 9.29. The predicted molar refractivity (Wildman–Crippen MR) is 88.6 cm³/mol. The Morgan fingerprint density at radius 2 is 2.10 bits per heavy atom. The van der Waals surface area contributed by atoms with E-state index >= 15 is 0 Å². The summed E-state index contributed by atoms with van der Waals surface area (Å²) in [6.45, 7) is 6.81. The highest BCUT2D eigenvalue weighted by Crippen LogP contribution is 2.30. The molecule has 2 saturated heterocycles. The lowest BCUT2D eigenvalue weighted by Crippen LogP contribution is -2.57. The lowest BCUT2D eigenvalue weighted by molar-refractivity contribution is 0.0220. The second-order valence-electron chi connectivity index (χ2n) is 6.54. The largest absolute Gasteiger partial charge is 0.326 e. The minimum atomic E-state index is 0.110. The first-order valence-corrected chi connectivity index (χ1v) is 8.52. The molecule has 2 aliphatic rings. The number of halogens is 1. The molecule has 0 bridgehead atoms. The van der Waals surface area contributed by atoms with E-state index in [1.165, 1.54) is 37.9 Å². The van der Waals surface area contributed by atoms with Crippen molar-refractivity contribution in [2.24, 2.45) is 5.73 Å². The Kier molecular flexibility index (Phi) is 4.85. The van der Waals surface area contributed by atoms with E-state index in [0.717, 1.165) is 18.1 Å². The van der Waals surface area contributed by atoms with E-state index in [-0.39, 0.29) is 12.1 Å². The van der Waals surface area contributed by atoms with Gasteiger partial charge in [0.1, 0.15) is 0 Å². The van der Waals surface area contributed by atoms with Crippen LogP contribution in [-0.4, -0.2) is 48.1 Å². The molecule has 116 valence electrons. The molecule has 2 heterocycles. The first kappa shape index (κ1) is 15.3. The summed E-state index contributed by atoms with van der Waals surface area (Å²) in [5.74, 6) is 0. The number of piperazine rings is 1. The maximum atomic E-state index is 6.32. The van der Waals surface area contributed by atoms with Crippen molar-refractivity contribution in [1.29, 1.82) is 0 Å². The number of fused-ring (bicyclic) bond motifs is 1. The van der Waals surface area contributed by atoms with Crippen molar-refractivity contribution < 1.29 is 0 Å². The zero-order valence-electron chi connectivity index (χ0n) is 12.8. The molecular formula is C17H26ClN3. The van der Waals surface area contributed by atoms with Crippen molar-refractivity contribution in [3.63, 3.8) is 0 Å². The van der Waals surface area contributed by atoms with Crippen LogP contribution in [-0.2, 0) is 0 Å². The van der Waals surface area contributed by atoms with Gasteiger partial charge in [-0.1, -0.05) is 30.2 Å². The molecule has 0 radical (unpaired) electrons. The number of benzene rings is 1. The molecule has 2 aliphatic heterocycles. The fourth-order valence-electron chi connectivity index (χ4n) is 3.97. The maximum Gasteiger partial charge on any atom is 0.0498 e. The third-order valence-corrected chi connectivity index (χ3v) is 5.19. The first-order valence-electron chi connectivity index (χ1n) is 8.14. The third kappa shape index (κ3) is 3.42. The normalized spacial score (nSPS) is 27.1. The molecule has 21 heavy (non-hydrogen) atoms. The molecular weight excluding hydrogens is 282 g/mol. The molecule has 1 aromatic rings. The minimum absolute atomic E-state index is 0.110. The Hall–Kier alpha value is -0.610. The van der Waals surface area contributed by atoms with Crippen molar-refractivity contribution in [2.45, 2.75) is 44.3 Å². The average molecular weight is 308 g/mol. The SMILES string of the molecule is CC(N)C(c1cccc(Cl)c1)N1CCN2CCCCC2C1. The number of hydrogen-bond acceptors (Lipinski definition) is 3. The molecule has 2 fully saturated rings. The van der Waals surface area contributed by atoms with E-state index in [9.17, 15) is 0 Å². The monoisotopic (exact) mass is 307 g/mol. The van der Waals surface area contributed by atoms with Crippen molar-refractivity contribution in [3.05, 3.63) is 34.9 Å². The van der Waals surface area contributed by atoms with Gasteiger partial charge >= 0.3 is 0 Å². The van der Waals surface area contributed by atoms with E-state index in [4.69, 9.17) is 17.3 Å². The molecule has 0 aliphatic carbocycles. The van der Waals surface area contributed by atoms with Gasteiger partial charge in [0, 0.05) is 42.8 Å². The second kappa shape index (κ2) is 6.66. The van der Waals surface area contributed by atoms with Gasteiger partial charge in [0.25, 0.3) is 0 Å². The Morgan fingerprint density at radius 1 is 1.24 bits per heavy atom. The quantitative estimate of drug-likeness (QED) is 0.932. The van der Waals surface area contributed by atoms with E-state index in [2.05, 4.69) is 28.9 Å². The summed E-state index contributed by atoms with van der Waals surface area (Å²) in [7, 11) is 0.